The van der Waals surface area contributed by atoms with E-state index in [0.29, 0.717) is 28.2 Å². The van der Waals surface area contributed by atoms with Crippen LogP contribution in [0.3, 0.4) is 0 Å². The second-order valence-corrected chi connectivity index (χ2v) is 17.6. The van der Waals surface area contributed by atoms with Gasteiger partial charge in [0.15, 0.2) is 0 Å². The van der Waals surface area contributed by atoms with Gasteiger partial charge in [0, 0.05) is 35.2 Å². The van der Waals surface area contributed by atoms with Crippen LogP contribution in [-0.2, 0) is 10.8 Å². The monoisotopic (exact) mass is 830 g/mol. The van der Waals surface area contributed by atoms with Crippen LogP contribution in [0, 0.1) is 20.8 Å². The molecule has 0 aliphatic rings. The van der Waals surface area contributed by atoms with Crippen LogP contribution in [0.15, 0.2) is 164 Å². The molecular weight excluding hydrogens is 767 g/mol. The molecule has 0 saturated heterocycles. The quantitative estimate of drug-likeness (QED) is 0.174. The summed E-state index contributed by atoms with van der Waals surface area (Å²) in [6, 6.07) is 51.1. The van der Waals surface area contributed by atoms with E-state index in [4.69, 9.17) is 22.3 Å². The summed E-state index contributed by atoms with van der Waals surface area (Å²) in [5.41, 5.74) is 12.0. The molecule has 1 N–H and O–H groups in total. The molecule has 0 radical (unpaired) electrons. The Kier molecular flexibility index (Phi) is 8.07. The summed E-state index contributed by atoms with van der Waals surface area (Å²) in [4.78, 5) is 10.4. The summed E-state index contributed by atoms with van der Waals surface area (Å²) in [5.74, 6) is 0.738. The smallest absolute Gasteiger partial charge is 0.149 e. The van der Waals surface area contributed by atoms with E-state index in [1.807, 2.05) is 74.5 Å². The molecule has 312 valence electrons. The molecule has 0 aliphatic carbocycles. The minimum absolute atomic E-state index is 0.152. The molecule has 0 amide bonds. The number of hydrogen-bond acceptors (Lipinski definition) is 3. The van der Waals surface area contributed by atoms with Gasteiger partial charge in [-0.2, -0.15) is 0 Å². The number of pyridine rings is 1. The SMILES string of the molecule is [2H]C([2H])([2H])C(c1ccc(-c2ccnc(-c3cc(-c4cccc5c4nc(-c4cc(C)cc(C)c4O)n5-c4cc(-c5ccccc5)c(C)cc4-c4ccccc4)cc(C(C)(C)C)c3)c2)cc1)(C([2H])([2H])[2H])C([2H])([2H])[2H]. The Labute approximate surface area is 385 Å². The maximum atomic E-state index is 11.9. The molecule has 0 saturated carbocycles. The van der Waals surface area contributed by atoms with Crippen molar-refractivity contribution in [1.29, 1.82) is 0 Å². The number of nitrogens with zero attached hydrogens (tertiary/aromatic N) is 3. The van der Waals surface area contributed by atoms with E-state index in [-0.39, 0.29) is 16.7 Å². The normalized spacial score (nSPS) is 14.7. The third-order valence-corrected chi connectivity index (χ3v) is 11.9. The molecule has 9 aromatic rings. The van der Waals surface area contributed by atoms with Gasteiger partial charge in [-0.25, -0.2) is 4.98 Å². The van der Waals surface area contributed by atoms with Gasteiger partial charge in [-0.3, -0.25) is 9.55 Å². The highest BCUT2D eigenvalue weighted by molar-refractivity contribution is 5.98. The molecule has 7 aromatic carbocycles. The molecule has 0 unspecified atom stereocenters. The minimum atomic E-state index is -3.37. The Morgan fingerprint density at radius 3 is 1.87 bits per heavy atom. The third kappa shape index (κ3) is 7.98. The number of aryl methyl sites for hydroxylation is 3. The largest absolute Gasteiger partial charge is 0.507 e. The molecule has 4 nitrogen and oxygen atoms in total. The maximum absolute atomic E-state index is 11.9. The van der Waals surface area contributed by atoms with Crippen molar-refractivity contribution in [3.05, 3.63) is 192 Å². The summed E-state index contributed by atoms with van der Waals surface area (Å²) in [6.07, 6.45) is 1.68. The van der Waals surface area contributed by atoms with Gasteiger partial charge in [0.25, 0.3) is 0 Å². The number of fused-ring (bicyclic) bond motifs is 1. The van der Waals surface area contributed by atoms with Gasteiger partial charge in [0.1, 0.15) is 11.6 Å². The minimum Gasteiger partial charge on any atom is -0.507 e. The second kappa shape index (κ2) is 16.0. The van der Waals surface area contributed by atoms with Gasteiger partial charge in [0.05, 0.1) is 28.0 Å². The summed E-state index contributed by atoms with van der Waals surface area (Å²) in [5, 5.41) is 11.9. The van der Waals surface area contributed by atoms with Crippen LogP contribution in [0.5, 0.6) is 5.75 Å². The fourth-order valence-corrected chi connectivity index (χ4v) is 8.59. The first-order valence-corrected chi connectivity index (χ1v) is 21.2. The van der Waals surface area contributed by atoms with Crippen LogP contribution in [0.4, 0.5) is 0 Å². The Morgan fingerprint density at radius 1 is 0.508 bits per heavy atom. The van der Waals surface area contributed by atoms with Crippen molar-refractivity contribution in [2.45, 2.75) is 72.9 Å². The number of imidazole rings is 1. The van der Waals surface area contributed by atoms with Crippen molar-refractivity contribution in [2.75, 3.05) is 0 Å². The number of phenolic OH excluding ortho intramolecular Hbond substituents is 1. The summed E-state index contributed by atoms with van der Waals surface area (Å²) >= 11 is 0. The van der Waals surface area contributed by atoms with Crippen molar-refractivity contribution in [2.24, 2.45) is 0 Å². The van der Waals surface area contributed by atoms with Crippen LogP contribution >= 0.6 is 0 Å². The lowest BCUT2D eigenvalue weighted by atomic mass is 9.83. The van der Waals surface area contributed by atoms with E-state index >= 15 is 0 Å². The predicted octanol–water partition coefficient (Wildman–Crippen LogP) is 15.6. The Morgan fingerprint density at radius 2 is 1.19 bits per heavy atom. The number of aromatic nitrogens is 3. The van der Waals surface area contributed by atoms with Gasteiger partial charge < -0.3 is 5.11 Å². The van der Waals surface area contributed by atoms with E-state index in [9.17, 15) is 5.11 Å². The lowest BCUT2D eigenvalue weighted by molar-refractivity contribution is 0.472. The van der Waals surface area contributed by atoms with E-state index in [0.717, 1.165) is 77.9 Å². The van der Waals surface area contributed by atoms with Gasteiger partial charge in [-0.15, -0.1) is 0 Å². The highest BCUT2D eigenvalue weighted by Gasteiger charge is 2.25. The van der Waals surface area contributed by atoms with E-state index in [2.05, 4.69) is 99.0 Å². The second-order valence-electron chi connectivity index (χ2n) is 17.6. The maximum Gasteiger partial charge on any atom is 0.149 e. The first kappa shape index (κ1) is 31.8. The van der Waals surface area contributed by atoms with E-state index in [1.165, 1.54) is 12.1 Å². The molecule has 2 aromatic heterocycles. The molecule has 63 heavy (non-hydrogen) atoms. The van der Waals surface area contributed by atoms with E-state index < -0.39 is 26.0 Å². The zero-order valence-corrected chi connectivity index (χ0v) is 36.4. The van der Waals surface area contributed by atoms with Crippen molar-refractivity contribution in [3.8, 4) is 78.6 Å². The molecule has 2 heterocycles. The van der Waals surface area contributed by atoms with Crippen LogP contribution < -0.4 is 0 Å². The molecule has 4 heteroatoms. The summed E-state index contributed by atoms with van der Waals surface area (Å²) in [7, 11) is 0. The molecule has 0 spiro atoms. The summed E-state index contributed by atoms with van der Waals surface area (Å²) in [6.45, 7) is 2.42. The highest BCUT2D eigenvalue weighted by atomic mass is 16.3. The molecule has 0 aliphatic heterocycles. The van der Waals surface area contributed by atoms with Gasteiger partial charge in [-0.1, -0.05) is 151 Å². The van der Waals surface area contributed by atoms with Crippen LogP contribution in [0.1, 0.15) is 81.5 Å². The van der Waals surface area contributed by atoms with Gasteiger partial charge in [0.2, 0.25) is 0 Å². The molecular formula is C59H55N3O. The van der Waals surface area contributed by atoms with Crippen LogP contribution in [-0.4, -0.2) is 19.6 Å². The highest BCUT2D eigenvalue weighted by Crippen LogP contribution is 2.44. The number of rotatable bonds is 7. The number of para-hydroxylation sites is 1. The first-order valence-electron chi connectivity index (χ1n) is 25.7. The Bertz CT molecular complexity index is 3460. The van der Waals surface area contributed by atoms with Gasteiger partial charge in [-0.05, 0) is 141 Å². The lowest BCUT2D eigenvalue weighted by Crippen LogP contribution is -2.11. The average molecular weight is 831 g/mol. The molecule has 0 bridgehead atoms. The Balaban J connectivity index is 1.25. The molecule has 0 atom stereocenters. The van der Waals surface area contributed by atoms with Crippen molar-refractivity contribution in [1.82, 2.24) is 14.5 Å². The summed E-state index contributed by atoms with van der Waals surface area (Å²) < 4.78 is 76.0. The first-order chi connectivity index (χ1) is 33.9. The van der Waals surface area contributed by atoms with Crippen molar-refractivity contribution in [3.63, 3.8) is 0 Å². The number of phenols is 1. The van der Waals surface area contributed by atoms with Crippen LogP contribution in [0.2, 0.25) is 0 Å². The zero-order valence-electron chi connectivity index (χ0n) is 45.4. The van der Waals surface area contributed by atoms with Gasteiger partial charge >= 0.3 is 0 Å². The lowest BCUT2D eigenvalue weighted by Gasteiger charge is -2.22. The fourth-order valence-electron chi connectivity index (χ4n) is 8.59. The number of benzene rings is 7. The fraction of sp³-hybridized carbons (Fsp3) is 0.186. The van der Waals surface area contributed by atoms with Crippen LogP contribution in [0.25, 0.3) is 83.9 Å². The average Bonchev–Trinajstić information content (AvgIpc) is 3.71. The standard InChI is InChI=1S/C59H55N3O/c1-37-29-39(3)56(63)51(30-37)57-61-55-48(21-16-22-53(55)62(57)54-36-49(41-17-12-10-13-18-41)38(2)31-50(54)42-19-14-11-15-20-42)44-32-45(34-47(33-44)59(7,8)9)52-35-43(27-28-60-52)40-23-25-46(26-24-40)58(4,5)6/h10-36,63H,1-9H3/i4D3,5D3,6D3. The predicted molar refractivity (Wildman–Crippen MR) is 265 cm³/mol. The number of hydrogen-bond donors (Lipinski definition) is 1. The van der Waals surface area contributed by atoms with Crippen molar-refractivity contribution >= 4 is 11.0 Å². The van der Waals surface area contributed by atoms with Crippen molar-refractivity contribution < 1.29 is 17.4 Å². The topological polar surface area (TPSA) is 50.9 Å². The van der Waals surface area contributed by atoms with E-state index in [1.54, 1.807) is 24.4 Å². The molecule has 9 rings (SSSR count). The zero-order chi connectivity index (χ0) is 51.7. The number of aromatic hydroxyl groups is 1. The molecule has 0 fully saturated rings. The Hall–Kier alpha value is -7.04. The third-order valence-electron chi connectivity index (χ3n) is 11.9.